The van der Waals surface area contributed by atoms with Gasteiger partial charge in [0.25, 0.3) is 5.91 Å². The lowest BCUT2D eigenvalue weighted by Crippen LogP contribution is -2.32. The number of halogens is 1. The van der Waals surface area contributed by atoms with Crippen LogP contribution in [0.3, 0.4) is 0 Å². The first kappa shape index (κ1) is 22.2. The molecule has 168 valence electrons. The summed E-state index contributed by atoms with van der Waals surface area (Å²) in [5, 5.41) is 0.750. The molecule has 0 N–H and O–H groups in total. The maximum Gasteiger partial charge on any atom is 0.290 e. The Kier molecular flexibility index (Phi) is 6.39. The van der Waals surface area contributed by atoms with Gasteiger partial charge in [-0.2, -0.15) is 0 Å². The van der Waals surface area contributed by atoms with Gasteiger partial charge in [-0.1, -0.05) is 17.7 Å². The first-order valence-corrected chi connectivity index (χ1v) is 10.8. The molecule has 0 fully saturated rings. The second kappa shape index (κ2) is 9.22. The van der Waals surface area contributed by atoms with Crippen LogP contribution < -0.4 is 14.9 Å². The van der Waals surface area contributed by atoms with Crippen molar-refractivity contribution in [2.75, 3.05) is 33.5 Å². The molecule has 8 heteroatoms. The molecule has 7 nitrogen and oxygen atoms in total. The number of amides is 1. The Labute approximate surface area is 190 Å². The van der Waals surface area contributed by atoms with Crippen LogP contribution in [0.5, 0.6) is 11.5 Å². The summed E-state index contributed by atoms with van der Waals surface area (Å²) in [7, 11) is 1.56. The second-order valence-electron chi connectivity index (χ2n) is 7.28. The highest BCUT2D eigenvalue weighted by molar-refractivity contribution is 6.31. The molecule has 2 heterocycles. The van der Waals surface area contributed by atoms with Gasteiger partial charge < -0.3 is 23.5 Å². The molecule has 0 aliphatic carbocycles. The quantitative estimate of drug-likeness (QED) is 0.497. The summed E-state index contributed by atoms with van der Waals surface area (Å²) in [6.45, 7) is 5.31. The van der Waals surface area contributed by atoms with Crippen LogP contribution in [0.4, 0.5) is 0 Å². The lowest BCUT2D eigenvalue weighted by Gasteiger charge is -2.25. The minimum Gasteiger partial charge on any atom is -0.490 e. The molecular formula is C24H24ClNO6. The fraction of sp³-hybridized carbons (Fsp3) is 0.333. The third kappa shape index (κ3) is 3.82. The number of carbonyl (C=O) groups is 1. The first-order valence-electron chi connectivity index (χ1n) is 10.5. The summed E-state index contributed by atoms with van der Waals surface area (Å²) in [4.78, 5) is 28.4. The molecule has 3 aromatic rings. The van der Waals surface area contributed by atoms with E-state index in [4.69, 9.17) is 30.2 Å². The predicted molar refractivity (Wildman–Crippen MR) is 121 cm³/mol. The summed E-state index contributed by atoms with van der Waals surface area (Å²) >= 11 is 6.12. The zero-order valence-corrected chi connectivity index (χ0v) is 18.9. The monoisotopic (exact) mass is 457 g/mol. The fourth-order valence-electron chi connectivity index (χ4n) is 4.00. The van der Waals surface area contributed by atoms with Gasteiger partial charge in [0.05, 0.1) is 36.8 Å². The van der Waals surface area contributed by atoms with Gasteiger partial charge in [-0.15, -0.1) is 0 Å². The highest BCUT2D eigenvalue weighted by atomic mass is 35.5. The molecule has 2 aromatic carbocycles. The van der Waals surface area contributed by atoms with Gasteiger partial charge in [0, 0.05) is 18.7 Å². The van der Waals surface area contributed by atoms with Crippen molar-refractivity contribution >= 4 is 28.5 Å². The van der Waals surface area contributed by atoms with E-state index in [1.807, 2.05) is 26.0 Å². The molecule has 1 aliphatic rings. The van der Waals surface area contributed by atoms with Crippen molar-refractivity contribution in [3.63, 3.8) is 0 Å². The van der Waals surface area contributed by atoms with Crippen LogP contribution >= 0.6 is 11.6 Å². The van der Waals surface area contributed by atoms with Crippen LogP contribution in [-0.2, 0) is 4.74 Å². The highest BCUT2D eigenvalue weighted by Crippen LogP contribution is 2.41. The summed E-state index contributed by atoms with van der Waals surface area (Å²) in [6.07, 6.45) is 0. The van der Waals surface area contributed by atoms with Crippen LogP contribution in [0.15, 0.2) is 45.6 Å². The van der Waals surface area contributed by atoms with E-state index in [2.05, 4.69) is 0 Å². The zero-order chi connectivity index (χ0) is 22.8. The minimum absolute atomic E-state index is 0.0396. The molecule has 4 rings (SSSR count). The van der Waals surface area contributed by atoms with E-state index in [1.165, 1.54) is 0 Å². The zero-order valence-electron chi connectivity index (χ0n) is 18.1. The number of benzene rings is 2. The summed E-state index contributed by atoms with van der Waals surface area (Å²) in [5.74, 6) is 0.830. The molecule has 0 saturated carbocycles. The molecule has 0 bridgehead atoms. The van der Waals surface area contributed by atoms with Crippen molar-refractivity contribution in [2.45, 2.75) is 19.9 Å². The lowest BCUT2D eigenvalue weighted by molar-refractivity contribution is 0.0663. The van der Waals surface area contributed by atoms with Gasteiger partial charge in [0.2, 0.25) is 5.76 Å². The highest BCUT2D eigenvalue weighted by Gasteiger charge is 2.42. The van der Waals surface area contributed by atoms with E-state index >= 15 is 0 Å². The van der Waals surface area contributed by atoms with Crippen molar-refractivity contribution < 1.29 is 23.4 Å². The van der Waals surface area contributed by atoms with E-state index in [0.29, 0.717) is 52.9 Å². The van der Waals surface area contributed by atoms with Gasteiger partial charge in [-0.25, -0.2) is 0 Å². The predicted octanol–water partition coefficient (Wildman–Crippen LogP) is 4.44. The largest absolute Gasteiger partial charge is 0.490 e. The van der Waals surface area contributed by atoms with Gasteiger partial charge in [-0.05, 0) is 49.7 Å². The topological polar surface area (TPSA) is 78.2 Å². The third-order valence-electron chi connectivity index (χ3n) is 5.35. The molecule has 32 heavy (non-hydrogen) atoms. The van der Waals surface area contributed by atoms with E-state index in [0.717, 1.165) is 0 Å². The normalized spacial score (nSPS) is 15.3. The Balaban J connectivity index is 1.93. The number of fused-ring (bicyclic) bond motifs is 2. The average molecular weight is 458 g/mol. The van der Waals surface area contributed by atoms with Crippen LogP contribution in [0, 0.1) is 0 Å². The number of nitrogens with zero attached hydrogens (tertiary/aromatic N) is 1. The molecule has 1 unspecified atom stereocenters. The van der Waals surface area contributed by atoms with E-state index in [9.17, 15) is 9.59 Å². The molecule has 0 radical (unpaired) electrons. The molecule has 0 saturated heterocycles. The van der Waals surface area contributed by atoms with E-state index in [1.54, 1.807) is 36.3 Å². The number of methoxy groups -OCH3 is 1. The number of carbonyl (C=O) groups excluding carboxylic acids is 1. The Morgan fingerprint density at radius 1 is 1.03 bits per heavy atom. The van der Waals surface area contributed by atoms with Crippen molar-refractivity contribution in [3.05, 3.63) is 68.5 Å². The SMILES string of the molecule is CCOc1ccc(C2c3c(oc4ccc(Cl)cc4c3=O)C(=O)N2CCOC)cc1OCC. The maximum absolute atomic E-state index is 13.5. The van der Waals surface area contributed by atoms with Crippen LogP contribution in [-0.4, -0.2) is 44.3 Å². The minimum atomic E-state index is -0.651. The molecule has 1 aromatic heterocycles. The first-order chi connectivity index (χ1) is 15.5. The summed E-state index contributed by atoms with van der Waals surface area (Å²) < 4.78 is 22.5. The average Bonchev–Trinajstić information content (AvgIpc) is 3.06. The van der Waals surface area contributed by atoms with Crippen molar-refractivity contribution in [1.82, 2.24) is 4.90 Å². The number of hydrogen-bond acceptors (Lipinski definition) is 6. The van der Waals surface area contributed by atoms with Gasteiger partial charge in [-0.3, -0.25) is 9.59 Å². The fourth-order valence-corrected chi connectivity index (χ4v) is 4.17. The van der Waals surface area contributed by atoms with Crippen LogP contribution in [0.25, 0.3) is 11.0 Å². The summed E-state index contributed by atoms with van der Waals surface area (Å²) in [6, 6.07) is 9.57. The molecule has 1 aliphatic heterocycles. The molecule has 0 spiro atoms. The third-order valence-corrected chi connectivity index (χ3v) is 5.58. The van der Waals surface area contributed by atoms with Gasteiger partial charge >= 0.3 is 0 Å². The standard InChI is InChI=1S/C24H24ClNO6/c1-4-30-18-8-6-14(12-19(18)31-5-2)21-20-22(27)16-13-15(25)7-9-17(16)32-23(20)24(28)26(21)10-11-29-3/h6-9,12-13,21H,4-5,10-11H2,1-3H3. The number of ether oxygens (including phenoxy) is 3. The van der Waals surface area contributed by atoms with Crippen LogP contribution in [0.2, 0.25) is 5.02 Å². The van der Waals surface area contributed by atoms with E-state index in [-0.39, 0.29) is 29.2 Å². The van der Waals surface area contributed by atoms with E-state index < -0.39 is 6.04 Å². The Morgan fingerprint density at radius 3 is 2.50 bits per heavy atom. The van der Waals surface area contributed by atoms with Crippen molar-refractivity contribution in [1.29, 1.82) is 0 Å². The van der Waals surface area contributed by atoms with Gasteiger partial charge in [0.15, 0.2) is 16.9 Å². The lowest BCUT2D eigenvalue weighted by atomic mass is 9.98. The van der Waals surface area contributed by atoms with Crippen molar-refractivity contribution in [3.8, 4) is 11.5 Å². The Hall–Kier alpha value is -3.03. The van der Waals surface area contributed by atoms with Gasteiger partial charge in [0.1, 0.15) is 5.58 Å². The molecule has 1 amide bonds. The summed E-state index contributed by atoms with van der Waals surface area (Å²) in [5.41, 5.74) is 1.04. The second-order valence-corrected chi connectivity index (χ2v) is 7.72. The molecule has 1 atom stereocenters. The maximum atomic E-state index is 13.5. The van der Waals surface area contributed by atoms with Crippen LogP contribution in [0.1, 0.15) is 41.6 Å². The Morgan fingerprint density at radius 2 is 1.78 bits per heavy atom. The number of hydrogen-bond donors (Lipinski definition) is 0. The smallest absolute Gasteiger partial charge is 0.290 e. The molecular weight excluding hydrogens is 434 g/mol. The van der Waals surface area contributed by atoms with Crippen molar-refractivity contribution in [2.24, 2.45) is 0 Å². The number of rotatable bonds is 8. The Bertz CT molecular complexity index is 1220.